The number of non-ortho nitro benzene ring substituents is 1. The summed E-state index contributed by atoms with van der Waals surface area (Å²) in [7, 11) is 0. The fourth-order valence-electron chi connectivity index (χ4n) is 3.04. The van der Waals surface area contributed by atoms with Gasteiger partial charge in [0.1, 0.15) is 0 Å². The highest BCUT2D eigenvalue weighted by Crippen LogP contribution is 2.26. The van der Waals surface area contributed by atoms with Gasteiger partial charge in [-0.15, -0.1) is 0 Å². The number of hydrazone groups is 1. The molecule has 182 valence electrons. The molecule has 12 nitrogen and oxygen atoms in total. The highest BCUT2D eigenvalue weighted by Gasteiger charge is 2.09. The van der Waals surface area contributed by atoms with E-state index in [2.05, 4.69) is 36.1 Å². The normalized spacial score (nSPS) is 10.7. The molecule has 0 saturated heterocycles. The first kappa shape index (κ1) is 23.9. The highest BCUT2D eigenvalue weighted by molar-refractivity contribution is 5.81. The third kappa shape index (κ3) is 6.41. The third-order valence-corrected chi connectivity index (χ3v) is 4.66. The van der Waals surface area contributed by atoms with E-state index in [1.165, 1.54) is 24.4 Å². The van der Waals surface area contributed by atoms with Crippen molar-refractivity contribution in [2.45, 2.75) is 6.92 Å². The number of ether oxygens (including phenoxy) is 1. The number of rotatable bonds is 10. The molecule has 1 heterocycles. The van der Waals surface area contributed by atoms with E-state index in [9.17, 15) is 15.2 Å². The van der Waals surface area contributed by atoms with Gasteiger partial charge in [-0.2, -0.15) is 20.1 Å². The summed E-state index contributed by atoms with van der Waals surface area (Å²) in [6.45, 7) is 2.27. The van der Waals surface area contributed by atoms with E-state index < -0.39 is 4.92 Å². The average molecular weight is 486 g/mol. The second-order valence-corrected chi connectivity index (χ2v) is 7.26. The standard InChI is InChI=1S/C24H22N8O4/c1-2-36-21-13-8-16(14-20(21)33)15-25-31-24-29-22(26-17-6-4-3-5-7-17)28-23(30-24)27-18-9-11-19(12-10-18)32(34)35/h3-15,33H,2H2,1H3,(H3,26,27,28,29,30,31)/b25-15-. The Balaban J connectivity index is 1.55. The largest absolute Gasteiger partial charge is 0.504 e. The zero-order valence-electron chi connectivity index (χ0n) is 19.1. The Hall–Kier alpha value is -5.26. The Morgan fingerprint density at radius 1 is 0.944 bits per heavy atom. The van der Waals surface area contributed by atoms with Gasteiger partial charge in [0.05, 0.1) is 17.7 Å². The number of nitro benzene ring substituents is 1. The smallest absolute Gasteiger partial charge is 0.269 e. The van der Waals surface area contributed by atoms with Crippen molar-refractivity contribution in [3.63, 3.8) is 0 Å². The number of aromatic nitrogens is 3. The molecule has 0 aliphatic carbocycles. The first-order chi connectivity index (χ1) is 17.5. The maximum Gasteiger partial charge on any atom is 0.269 e. The minimum Gasteiger partial charge on any atom is -0.504 e. The zero-order valence-corrected chi connectivity index (χ0v) is 19.1. The molecular formula is C24H22N8O4. The van der Waals surface area contributed by atoms with Crippen molar-refractivity contribution in [3.05, 3.63) is 88.5 Å². The summed E-state index contributed by atoms with van der Waals surface area (Å²) >= 11 is 0. The minimum absolute atomic E-state index is 0.00453. The maximum absolute atomic E-state index is 10.9. The molecule has 1 aromatic heterocycles. The molecular weight excluding hydrogens is 464 g/mol. The van der Waals surface area contributed by atoms with Crippen LogP contribution >= 0.6 is 0 Å². The van der Waals surface area contributed by atoms with Crippen LogP contribution in [0.3, 0.4) is 0 Å². The molecule has 4 N–H and O–H groups in total. The summed E-state index contributed by atoms with van der Waals surface area (Å²) in [6.07, 6.45) is 1.49. The first-order valence-corrected chi connectivity index (χ1v) is 10.8. The van der Waals surface area contributed by atoms with Crippen molar-refractivity contribution in [2.24, 2.45) is 5.10 Å². The Morgan fingerprint density at radius 3 is 2.19 bits per heavy atom. The van der Waals surface area contributed by atoms with E-state index >= 15 is 0 Å². The molecule has 36 heavy (non-hydrogen) atoms. The SMILES string of the molecule is CCOc1ccc(/C=N\Nc2nc(Nc3ccccc3)nc(Nc3ccc([N+](=O)[O-])cc3)n2)cc1O. The molecule has 12 heteroatoms. The predicted octanol–water partition coefficient (Wildman–Crippen LogP) is 4.82. The number of phenols is 1. The van der Waals surface area contributed by atoms with Gasteiger partial charge < -0.3 is 20.5 Å². The van der Waals surface area contributed by atoms with Crippen LogP contribution in [0.1, 0.15) is 12.5 Å². The van der Waals surface area contributed by atoms with Gasteiger partial charge in [0.25, 0.3) is 5.69 Å². The maximum atomic E-state index is 10.9. The Labute approximate surface area is 205 Å². The summed E-state index contributed by atoms with van der Waals surface area (Å²) in [5.41, 5.74) is 4.68. The Kier molecular flexibility index (Phi) is 7.46. The topological polar surface area (TPSA) is 160 Å². The molecule has 0 spiro atoms. The summed E-state index contributed by atoms with van der Waals surface area (Å²) in [4.78, 5) is 23.5. The lowest BCUT2D eigenvalue weighted by molar-refractivity contribution is -0.384. The van der Waals surface area contributed by atoms with Crippen LogP contribution in [0.25, 0.3) is 0 Å². The van der Waals surface area contributed by atoms with Crippen molar-refractivity contribution < 1.29 is 14.8 Å². The van der Waals surface area contributed by atoms with Gasteiger partial charge in [0, 0.05) is 23.5 Å². The average Bonchev–Trinajstić information content (AvgIpc) is 2.87. The number of aromatic hydroxyl groups is 1. The van der Waals surface area contributed by atoms with Crippen molar-refractivity contribution in [1.29, 1.82) is 0 Å². The molecule has 0 fully saturated rings. The van der Waals surface area contributed by atoms with E-state index in [4.69, 9.17) is 4.74 Å². The second kappa shape index (κ2) is 11.2. The molecule has 4 aromatic rings. The van der Waals surface area contributed by atoms with E-state index in [0.29, 0.717) is 23.6 Å². The van der Waals surface area contributed by atoms with Crippen LogP contribution < -0.4 is 20.8 Å². The second-order valence-electron chi connectivity index (χ2n) is 7.26. The molecule has 0 aliphatic heterocycles. The zero-order chi connectivity index (χ0) is 25.3. The van der Waals surface area contributed by atoms with Crippen LogP contribution in [0.5, 0.6) is 11.5 Å². The third-order valence-electron chi connectivity index (χ3n) is 4.66. The summed E-state index contributed by atoms with van der Waals surface area (Å²) in [6, 6.07) is 20.1. The van der Waals surface area contributed by atoms with Crippen molar-refractivity contribution in [1.82, 2.24) is 15.0 Å². The van der Waals surface area contributed by atoms with Gasteiger partial charge in [0.15, 0.2) is 11.5 Å². The van der Waals surface area contributed by atoms with Gasteiger partial charge in [-0.1, -0.05) is 18.2 Å². The van der Waals surface area contributed by atoms with Gasteiger partial charge in [0.2, 0.25) is 17.8 Å². The van der Waals surface area contributed by atoms with Crippen molar-refractivity contribution >= 4 is 41.1 Å². The van der Waals surface area contributed by atoms with Crippen LogP contribution in [-0.2, 0) is 0 Å². The molecule has 0 amide bonds. The lowest BCUT2D eigenvalue weighted by atomic mass is 10.2. The number of nitrogens with one attached hydrogen (secondary N) is 3. The lowest BCUT2D eigenvalue weighted by Gasteiger charge is -2.10. The van der Waals surface area contributed by atoms with E-state index in [1.54, 1.807) is 24.3 Å². The fraction of sp³-hybridized carbons (Fsp3) is 0.0833. The summed E-state index contributed by atoms with van der Waals surface area (Å²) in [5, 5.41) is 31.2. The molecule has 0 atom stereocenters. The number of anilines is 5. The Bertz CT molecular complexity index is 1360. The van der Waals surface area contributed by atoms with Crippen LogP contribution in [-0.4, -0.2) is 37.8 Å². The fourth-order valence-corrected chi connectivity index (χ4v) is 3.04. The molecule has 0 bridgehead atoms. The van der Waals surface area contributed by atoms with E-state index in [-0.39, 0.29) is 29.3 Å². The lowest BCUT2D eigenvalue weighted by Crippen LogP contribution is -2.07. The Morgan fingerprint density at radius 2 is 1.58 bits per heavy atom. The number of nitrogens with zero attached hydrogens (tertiary/aromatic N) is 5. The minimum atomic E-state index is -0.473. The molecule has 0 aliphatic rings. The monoisotopic (exact) mass is 486 g/mol. The molecule has 0 saturated carbocycles. The molecule has 3 aromatic carbocycles. The van der Waals surface area contributed by atoms with Crippen molar-refractivity contribution in [3.8, 4) is 11.5 Å². The van der Waals surface area contributed by atoms with Crippen LogP contribution in [0.15, 0.2) is 77.9 Å². The number of nitro groups is 1. The number of hydrogen-bond acceptors (Lipinski definition) is 11. The van der Waals surface area contributed by atoms with Gasteiger partial charge in [-0.25, -0.2) is 5.43 Å². The number of benzene rings is 3. The van der Waals surface area contributed by atoms with Gasteiger partial charge in [-0.05, 0) is 55.0 Å². The molecule has 4 rings (SSSR count). The summed E-state index contributed by atoms with van der Waals surface area (Å²) in [5.74, 6) is 0.966. The summed E-state index contributed by atoms with van der Waals surface area (Å²) < 4.78 is 5.32. The first-order valence-electron chi connectivity index (χ1n) is 10.8. The van der Waals surface area contributed by atoms with Crippen molar-refractivity contribution in [2.75, 3.05) is 22.7 Å². The van der Waals surface area contributed by atoms with Crippen LogP contribution in [0.4, 0.5) is 34.9 Å². The predicted molar refractivity (Wildman–Crippen MR) is 136 cm³/mol. The number of para-hydroxylation sites is 1. The molecule has 0 unspecified atom stereocenters. The molecule has 0 radical (unpaired) electrons. The number of hydrogen-bond donors (Lipinski definition) is 4. The van der Waals surface area contributed by atoms with Crippen LogP contribution in [0, 0.1) is 10.1 Å². The van der Waals surface area contributed by atoms with E-state index in [0.717, 1.165) is 5.69 Å². The highest BCUT2D eigenvalue weighted by atomic mass is 16.6. The van der Waals surface area contributed by atoms with Gasteiger partial charge in [-0.3, -0.25) is 10.1 Å². The van der Waals surface area contributed by atoms with Gasteiger partial charge >= 0.3 is 0 Å². The van der Waals surface area contributed by atoms with E-state index in [1.807, 2.05) is 37.3 Å². The number of phenolic OH excluding ortho intramolecular Hbond substituents is 1. The quantitative estimate of drug-likeness (QED) is 0.139. The van der Waals surface area contributed by atoms with Crippen LogP contribution in [0.2, 0.25) is 0 Å².